The molecule has 2 N–H and O–H groups in total. The van der Waals surface area contributed by atoms with Crippen molar-refractivity contribution in [2.45, 2.75) is 23.1 Å². The Labute approximate surface area is 148 Å². The summed E-state index contributed by atoms with van der Waals surface area (Å²) in [6, 6.07) is 9.86. The van der Waals surface area contributed by atoms with E-state index in [1.54, 1.807) is 24.3 Å². The molecular weight excluding hydrogens is 346 g/mol. The maximum Gasteiger partial charge on any atom is 0.336 e. The average molecular weight is 363 g/mol. The lowest BCUT2D eigenvalue weighted by Gasteiger charge is -2.20. The third-order valence-corrected chi connectivity index (χ3v) is 5.20. The van der Waals surface area contributed by atoms with Gasteiger partial charge in [-0.1, -0.05) is 18.2 Å². The molecule has 2 aromatic carbocycles. The number of nitro groups is 1. The van der Waals surface area contributed by atoms with E-state index in [2.05, 4.69) is 0 Å². The van der Waals surface area contributed by atoms with Crippen LogP contribution in [0.1, 0.15) is 28.1 Å². The van der Waals surface area contributed by atoms with Crippen LogP contribution in [0.5, 0.6) is 11.5 Å². The van der Waals surface area contributed by atoms with Gasteiger partial charge in [-0.05, 0) is 29.8 Å². The summed E-state index contributed by atoms with van der Waals surface area (Å²) in [4.78, 5) is 22.7. The Morgan fingerprint density at radius 1 is 1.28 bits per heavy atom. The van der Waals surface area contributed by atoms with Crippen LogP contribution in [0, 0.1) is 10.1 Å². The van der Waals surface area contributed by atoms with Crippen molar-refractivity contribution >= 4 is 17.7 Å². The Balaban J connectivity index is 2.48. The second-order valence-electron chi connectivity index (χ2n) is 5.30. The Hall–Kier alpha value is -2.74. The van der Waals surface area contributed by atoms with Crippen LogP contribution in [0.3, 0.4) is 0 Å². The Morgan fingerprint density at radius 2 is 1.96 bits per heavy atom. The first-order valence-corrected chi connectivity index (χ1v) is 8.22. The molecule has 0 bridgehead atoms. The fraction of sp³-hybridized carbons (Fsp3) is 0.235. The fourth-order valence-corrected chi connectivity index (χ4v) is 3.60. The molecule has 2 rings (SSSR count). The molecule has 7 nitrogen and oxygen atoms in total. The number of carbonyl (C=O) groups is 1. The number of ether oxygens (including phenoxy) is 1. The van der Waals surface area contributed by atoms with Crippen molar-refractivity contribution in [1.29, 1.82) is 0 Å². The summed E-state index contributed by atoms with van der Waals surface area (Å²) in [6.07, 6.45) is 0. The Bertz CT molecular complexity index is 794. The lowest BCUT2D eigenvalue weighted by molar-refractivity contribution is -0.518. The Kier molecular flexibility index (Phi) is 5.87. The highest BCUT2D eigenvalue weighted by Crippen LogP contribution is 2.42. The number of thioether (sulfide) groups is 1. The van der Waals surface area contributed by atoms with Crippen LogP contribution in [0.25, 0.3) is 0 Å². The van der Waals surface area contributed by atoms with Gasteiger partial charge in [0.05, 0.1) is 12.7 Å². The number of carboxylic acid groups (broad SMARTS) is 1. The second-order valence-corrected chi connectivity index (χ2v) is 6.48. The summed E-state index contributed by atoms with van der Waals surface area (Å²) < 4.78 is 5.06. The van der Waals surface area contributed by atoms with E-state index in [1.165, 1.54) is 32.2 Å². The molecule has 2 unspecified atom stereocenters. The van der Waals surface area contributed by atoms with Crippen LogP contribution in [-0.4, -0.2) is 34.3 Å². The van der Waals surface area contributed by atoms with E-state index in [9.17, 15) is 25.1 Å². The molecule has 0 saturated heterocycles. The number of nitrogens with zero attached hydrogens (tertiary/aromatic N) is 1. The maximum absolute atomic E-state index is 11.4. The fourth-order valence-electron chi connectivity index (χ4n) is 2.31. The van der Waals surface area contributed by atoms with Crippen molar-refractivity contribution < 1.29 is 24.7 Å². The van der Waals surface area contributed by atoms with Gasteiger partial charge in [0.25, 0.3) is 0 Å². The van der Waals surface area contributed by atoms with Gasteiger partial charge < -0.3 is 14.9 Å². The summed E-state index contributed by atoms with van der Waals surface area (Å²) >= 11 is 1.10. The molecular formula is C17H17NO6S. The van der Waals surface area contributed by atoms with Crippen molar-refractivity contribution in [3.8, 4) is 11.5 Å². The summed E-state index contributed by atoms with van der Waals surface area (Å²) in [6.45, 7) is 1.46. The smallest absolute Gasteiger partial charge is 0.336 e. The largest absolute Gasteiger partial charge is 0.504 e. The minimum Gasteiger partial charge on any atom is -0.504 e. The molecule has 2 aromatic rings. The van der Waals surface area contributed by atoms with Gasteiger partial charge in [-0.25, -0.2) is 4.79 Å². The molecule has 8 heteroatoms. The number of aromatic carboxylic acids is 1. The first-order valence-electron chi connectivity index (χ1n) is 7.34. The van der Waals surface area contributed by atoms with Gasteiger partial charge in [-0.15, -0.1) is 11.8 Å². The van der Waals surface area contributed by atoms with Gasteiger partial charge in [0.15, 0.2) is 11.5 Å². The molecule has 25 heavy (non-hydrogen) atoms. The monoisotopic (exact) mass is 363 g/mol. The van der Waals surface area contributed by atoms with Crippen LogP contribution in [0.4, 0.5) is 0 Å². The number of rotatable bonds is 7. The zero-order valence-corrected chi connectivity index (χ0v) is 14.4. The highest BCUT2D eigenvalue weighted by Gasteiger charge is 2.31. The molecule has 0 fully saturated rings. The van der Waals surface area contributed by atoms with Gasteiger partial charge in [-0.3, -0.25) is 10.1 Å². The number of methoxy groups -OCH3 is 1. The molecule has 0 amide bonds. The van der Waals surface area contributed by atoms with E-state index < -0.39 is 22.2 Å². The number of hydrogen-bond donors (Lipinski definition) is 2. The topological polar surface area (TPSA) is 110 Å². The first-order chi connectivity index (χ1) is 11.8. The molecule has 132 valence electrons. The van der Waals surface area contributed by atoms with E-state index in [0.29, 0.717) is 10.5 Å². The predicted octanol–water partition coefficient (Wildman–Crippen LogP) is 3.60. The van der Waals surface area contributed by atoms with Crippen molar-refractivity contribution in [3.05, 3.63) is 63.7 Å². The third kappa shape index (κ3) is 4.21. The van der Waals surface area contributed by atoms with E-state index >= 15 is 0 Å². The molecule has 0 aromatic heterocycles. The zero-order chi connectivity index (χ0) is 18.6. The van der Waals surface area contributed by atoms with Gasteiger partial charge in [0.2, 0.25) is 6.04 Å². The summed E-state index contributed by atoms with van der Waals surface area (Å²) in [7, 11) is 1.39. The van der Waals surface area contributed by atoms with Gasteiger partial charge in [0, 0.05) is 16.7 Å². The lowest BCUT2D eigenvalue weighted by atomic mass is 10.1. The number of aromatic hydroxyl groups is 1. The molecule has 0 aliphatic rings. The Morgan fingerprint density at radius 3 is 2.56 bits per heavy atom. The summed E-state index contributed by atoms with van der Waals surface area (Å²) in [5.41, 5.74) is 0.642. The highest BCUT2D eigenvalue weighted by molar-refractivity contribution is 7.99. The van der Waals surface area contributed by atoms with E-state index in [1.807, 2.05) is 0 Å². The first kappa shape index (κ1) is 18.6. The van der Waals surface area contributed by atoms with Crippen molar-refractivity contribution in [2.24, 2.45) is 0 Å². The predicted molar refractivity (Wildman–Crippen MR) is 93.1 cm³/mol. The van der Waals surface area contributed by atoms with Gasteiger partial charge in [-0.2, -0.15) is 0 Å². The van der Waals surface area contributed by atoms with E-state index in [4.69, 9.17) is 4.74 Å². The molecule has 0 aliphatic carbocycles. The van der Waals surface area contributed by atoms with Gasteiger partial charge in [0.1, 0.15) is 5.25 Å². The minimum atomic E-state index is -1.10. The van der Waals surface area contributed by atoms with Crippen LogP contribution < -0.4 is 4.74 Å². The highest BCUT2D eigenvalue weighted by atomic mass is 32.2. The van der Waals surface area contributed by atoms with Crippen LogP contribution >= 0.6 is 11.8 Å². The van der Waals surface area contributed by atoms with E-state index in [-0.39, 0.29) is 17.1 Å². The number of hydrogen-bond acceptors (Lipinski definition) is 6. The lowest BCUT2D eigenvalue weighted by Crippen LogP contribution is -2.22. The van der Waals surface area contributed by atoms with Gasteiger partial charge >= 0.3 is 5.97 Å². The van der Waals surface area contributed by atoms with Crippen LogP contribution in [0.15, 0.2) is 47.4 Å². The summed E-state index contributed by atoms with van der Waals surface area (Å²) in [5, 5.41) is 29.7. The van der Waals surface area contributed by atoms with Crippen molar-refractivity contribution in [3.63, 3.8) is 0 Å². The molecule has 0 spiro atoms. The summed E-state index contributed by atoms with van der Waals surface area (Å²) in [5.74, 6) is -0.973. The molecule has 0 radical (unpaired) electrons. The third-order valence-electron chi connectivity index (χ3n) is 3.67. The SMILES string of the molecule is COc1cc(C(Sc2ccccc2C(=O)O)C(C)[N+](=O)[O-])ccc1O. The van der Waals surface area contributed by atoms with E-state index in [0.717, 1.165) is 11.8 Å². The molecule has 0 saturated carbocycles. The maximum atomic E-state index is 11.4. The van der Waals surface area contributed by atoms with Crippen LogP contribution in [0.2, 0.25) is 0 Å². The van der Waals surface area contributed by atoms with Crippen molar-refractivity contribution in [2.75, 3.05) is 7.11 Å². The number of carboxylic acids is 1. The number of phenolic OH excluding ortho intramolecular Hbond substituents is 1. The quantitative estimate of drug-likeness (QED) is 0.439. The average Bonchev–Trinajstić information content (AvgIpc) is 2.59. The molecule has 0 heterocycles. The standard InChI is InChI=1S/C17H17NO6S/c1-10(18(22)23)16(11-7-8-13(19)14(9-11)24-2)25-15-6-4-3-5-12(15)17(20)21/h3-10,16,19H,1-2H3,(H,20,21). The minimum absolute atomic E-state index is 0.0744. The number of benzene rings is 2. The van der Waals surface area contributed by atoms with Crippen molar-refractivity contribution in [1.82, 2.24) is 0 Å². The normalized spacial score (nSPS) is 13.0. The number of phenols is 1. The molecule has 2 atom stereocenters. The molecule has 0 aliphatic heterocycles. The second kappa shape index (κ2) is 7.89. The zero-order valence-electron chi connectivity index (χ0n) is 13.6. The van der Waals surface area contributed by atoms with Crippen LogP contribution in [-0.2, 0) is 0 Å².